The molecule has 4 heterocycles. The summed E-state index contributed by atoms with van der Waals surface area (Å²) in [6.45, 7) is 2.20. The first kappa shape index (κ1) is 26.9. The second-order valence-electron chi connectivity index (χ2n) is 11.8. The van der Waals surface area contributed by atoms with E-state index in [2.05, 4.69) is 198 Å². The molecule has 3 aromatic heterocycles. The third kappa shape index (κ3) is 4.16. The number of aryl methyl sites for hydroxylation is 2. The standard InChI is InChI=1S/C42H34N3/c1-31-16-6-7-19-34(31)40-23-11-14-28-44(40)42(37-21-9-8-20-35(37)41-24-12-15-29-45(41)42)38-26-25-33(32-17-4-3-5-18-32)30-36(38)39-22-10-13-27-43(39)2/h3-30H,1-2H3/q+3. The van der Waals surface area contributed by atoms with Crippen molar-refractivity contribution < 1.29 is 13.7 Å². The number of rotatable bonds is 5. The molecule has 1 unspecified atom stereocenters. The predicted molar refractivity (Wildman–Crippen MR) is 179 cm³/mol. The third-order valence-corrected chi connectivity index (χ3v) is 9.25. The van der Waals surface area contributed by atoms with E-state index >= 15 is 0 Å². The second kappa shape index (κ2) is 10.8. The molecule has 1 aliphatic heterocycles. The summed E-state index contributed by atoms with van der Waals surface area (Å²) in [5.74, 6) is 0. The molecule has 0 bridgehead atoms. The Morgan fingerprint density at radius 3 is 1.69 bits per heavy atom. The summed E-state index contributed by atoms with van der Waals surface area (Å²) in [6.07, 6.45) is 6.64. The van der Waals surface area contributed by atoms with Gasteiger partial charge in [-0.2, -0.15) is 0 Å². The average Bonchev–Trinajstić information content (AvgIpc) is 3.40. The van der Waals surface area contributed by atoms with E-state index in [4.69, 9.17) is 0 Å². The van der Waals surface area contributed by atoms with Crippen LogP contribution in [0.3, 0.4) is 0 Å². The number of nitrogens with zero attached hydrogens (tertiary/aromatic N) is 3. The molecule has 0 fully saturated rings. The predicted octanol–water partition coefficient (Wildman–Crippen LogP) is 7.67. The van der Waals surface area contributed by atoms with Crippen molar-refractivity contribution in [3.63, 3.8) is 0 Å². The number of pyridine rings is 3. The zero-order valence-electron chi connectivity index (χ0n) is 25.5. The van der Waals surface area contributed by atoms with Gasteiger partial charge in [-0.1, -0.05) is 66.7 Å². The van der Waals surface area contributed by atoms with Gasteiger partial charge in [-0.05, 0) is 72.1 Å². The average molecular weight is 581 g/mol. The molecule has 1 atom stereocenters. The van der Waals surface area contributed by atoms with Gasteiger partial charge in [0.15, 0.2) is 18.6 Å². The van der Waals surface area contributed by atoms with Gasteiger partial charge in [0, 0.05) is 42.0 Å². The van der Waals surface area contributed by atoms with Crippen molar-refractivity contribution in [2.45, 2.75) is 12.6 Å². The maximum atomic E-state index is 2.49. The van der Waals surface area contributed by atoms with Gasteiger partial charge in [0.1, 0.15) is 18.2 Å². The minimum atomic E-state index is -0.723. The van der Waals surface area contributed by atoms with Gasteiger partial charge in [-0.25, -0.2) is 4.57 Å². The number of fused-ring (bicyclic) bond motifs is 3. The largest absolute Gasteiger partial charge is 0.417 e. The molecule has 214 valence electrons. The van der Waals surface area contributed by atoms with Gasteiger partial charge < -0.3 is 0 Å². The van der Waals surface area contributed by atoms with E-state index in [1.165, 1.54) is 50.2 Å². The second-order valence-corrected chi connectivity index (χ2v) is 11.8. The first-order chi connectivity index (χ1) is 22.2. The molecule has 0 aliphatic carbocycles. The minimum absolute atomic E-state index is 0.723. The lowest BCUT2D eigenvalue weighted by Gasteiger charge is -2.25. The molecular formula is C42H34N3+3. The van der Waals surface area contributed by atoms with Crippen LogP contribution in [0.15, 0.2) is 170 Å². The van der Waals surface area contributed by atoms with Crippen molar-refractivity contribution in [2.75, 3.05) is 0 Å². The number of aromatic nitrogens is 3. The molecule has 3 heteroatoms. The molecule has 0 amide bonds. The summed E-state index contributed by atoms with van der Waals surface area (Å²) in [5.41, 5.74) is 12.5. The SMILES string of the molecule is Cc1ccccc1-c1cccc[n+]1C1(c2ccc(-c3ccccc3)cc2-c2cccc[n+]2C)c2ccccc2-c2cccc[n+]21. The third-order valence-electron chi connectivity index (χ3n) is 9.25. The molecule has 0 radical (unpaired) electrons. The maximum Gasteiger partial charge on any atom is 0.417 e. The van der Waals surface area contributed by atoms with Crippen LogP contribution in [0, 0.1) is 6.92 Å². The zero-order valence-corrected chi connectivity index (χ0v) is 25.5. The Morgan fingerprint density at radius 1 is 0.422 bits per heavy atom. The highest BCUT2D eigenvalue weighted by Gasteiger charge is 2.63. The Balaban J connectivity index is 1.56. The molecule has 3 nitrogen and oxygen atoms in total. The maximum absolute atomic E-state index is 2.49. The number of benzene rings is 4. The number of hydrogen-bond donors (Lipinski definition) is 0. The summed E-state index contributed by atoms with van der Waals surface area (Å²) in [7, 11) is 2.14. The molecule has 0 saturated heterocycles. The van der Waals surface area contributed by atoms with E-state index in [0.29, 0.717) is 0 Å². The fourth-order valence-corrected chi connectivity index (χ4v) is 7.21. The van der Waals surface area contributed by atoms with E-state index in [1.807, 2.05) is 0 Å². The summed E-state index contributed by atoms with van der Waals surface area (Å²) in [4.78, 5) is 0. The van der Waals surface area contributed by atoms with Crippen LogP contribution < -0.4 is 13.7 Å². The fourth-order valence-electron chi connectivity index (χ4n) is 7.21. The van der Waals surface area contributed by atoms with E-state index in [9.17, 15) is 0 Å². The van der Waals surface area contributed by atoms with Crippen LogP contribution in [0.1, 0.15) is 16.7 Å². The van der Waals surface area contributed by atoms with Gasteiger partial charge in [-0.3, -0.25) is 0 Å². The molecule has 0 N–H and O–H groups in total. The first-order valence-electron chi connectivity index (χ1n) is 15.5. The van der Waals surface area contributed by atoms with Gasteiger partial charge in [0.25, 0.3) is 0 Å². The van der Waals surface area contributed by atoms with Crippen molar-refractivity contribution >= 4 is 0 Å². The lowest BCUT2D eigenvalue weighted by molar-refractivity contribution is -0.958. The summed E-state index contributed by atoms with van der Waals surface area (Å²) in [6, 6.07) is 54.9. The monoisotopic (exact) mass is 580 g/mol. The normalized spacial score (nSPS) is 15.0. The lowest BCUT2D eigenvalue weighted by Crippen LogP contribution is -2.73. The summed E-state index contributed by atoms with van der Waals surface area (Å²) < 4.78 is 7.20. The highest BCUT2D eigenvalue weighted by molar-refractivity contribution is 5.76. The van der Waals surface area contributed by atoms with Gasteiger partial charge in [0.05, 0.1) is 11.1 Å². The van der Waals surface area contributed by atoms with Crippen LogP contribution >= 0.6 is 0 Å². The molecule has 0 spiro atoms. The van der Waals surface area contributed by atoms with Crippen molar-refractivity contribution in [2.24, 2.45) is 7.05 Å². The molecule has 45 heavy (non-hydrogen) atoms. The molecule has 1 aliphatic rings. The topological polar surface area (TPSA) is 11.6 Å². The van der Waals surface area contributed by atoms with E-state index < -0.39 is 5.66 Å². The highest BCUT2D eigenvalue weighted by atomic mass is 15.3. The Kier molecular flexibility index (Phi) is 6.46. The Hall–Kier alpha value is -5.67. The molecule has 8 rings (SSSR count). The van der Waals surface area contributed by atoms with Crippen molar-refractivity contribution in [3.05, 3.63) is 187 Å². The fraction of sp³-hybridized carbons (Fsp3) is 0.0714. The van der Waals surface area contributed by atoms with E-state index in [-0.39, 0.29) is 0 Å². The number of hydrogen-bond acceptors (Lipinski definition) is 0. The smallest absolute Gasteiger partial charge is 0.201 e. The van der Waals surface area contributed by atoms with Crippen LogP contribution in [0.5, 0.6) is 0 Å². The highest BCUT2D eigenvalue weighted by Crippen LogP contribution is 2.44. The quantitative estimate of drug-likeness (QED) is 0.185. The van der Waals surface area contributed by atoms with Crippen molar-refractivity contribution in [1.29, 1.82) is 0 Å². The van der Waals surface area contributed by atoms with Gasteiger partial charge in [-0.15, -0.1) is 9.13 Å². The molecule has 0 saturated carbocycles. The van der Waals surface area contributed by atoms with E-state index in [0.717, 1.165) is 11.4 Å². The Bertz CT molecular complexity index is 2150. The van der Waals surface area contributed by atoms with Crippen LogP contribution in [0.4, 0.5) is 0 Å². The van der Waals surface area contributed by atoms with Crippen LogP contribution in [0.25, 0.3) is 44.9 Å². The van der Waals surface area contributed by atoms with Crippen molar-refractivity contribution in [3.8, 4) is 44.9 Å². The van der Waals surface area contributed by atoms with Crippen molar-refractivity contribution in [1.82, 2.24) is 0 Å². The lowest BCUT2D eigenvalue weighted by atomic mass is 9.83. The molecule has 7 aromatic rings. The van der Waals surface area contributed by atoms with Crippen LogP contribution in [-0.4, -0.2) is 0 Å². The minimum Gasteiger partial charge on any atom is -0.201 e. The first-order valence-corrected chi connectivity index (χ1v) is 15.5. The Morgan fingerprint density at radius 2 is 0.978 bits per heavy atom. The van der Waals surface area contributed by atoms with Gasteiger partial charge >= 0.3 is 5.66 Å². The van der Waals surface area contributed by atoms with Crippen LogP contribution in [-0.2, 0) is 12.7 Å². The summed E-state index contributed by atoms with van der Waals surface area (Å²) in [5, 5.41) is 0. The van der Waals surface area contributed by atoms with E-state index in [1.54, 1.807) is 0 Å². The Labute approximate surface area is 264 Å². The summed E-state index contributed by atoms with van der Waals surface area (Å²) >= 11 is 0. The molecular weight excluding hydrogens is 546 g/mol. The van der Waals surface area contributed by atoms with Gasteiger partial charge in [0.2, 0.25) is 17.1 Å². The zero-order chi connectivity index (χ0) is 30.4. The van der Waals surface area contributed by atoms with Crippen LogP contribution in [0.2, 0.25) is 0 Å². The molecule has 4 aromatic carbocycles.